The first-order valence-corrected chi connectivity index (χ1v) is 8.39. The van der Waals surface area contributed by atoms with Crippen LogP contribution in [-0.2, 0) is 6.42 Å². The van der Waals surface area contributed by atoms with Gasteiger partial charge in [-0.05, 0) is 54.4 Å². The first-order valence-electron chi connectivity index (χ1n) is 8.01. The van der Waals surface area contributed by atoms with E-state index in [1.807, 2.05) is 12.1 Å². The molecule has 0 aliphatic carbocycles. The number of amides is 1. The third kappa shape index (κ3) is 3.78. The van der Waals surface area contributed by atoms with Crippen molar-refractivity contribution in [2.45, 2.75) is 13.3 Å². The zero-order valence-corrected chi connectivity index (χ0v) is 14.7. The lowest BCUT2D eigenvalue weighted by Crippen LogP contribution is -2.11. The average molecular weight is 370 g/mol. The summed E-state index contributed by atoms with van der Waals surface area (Å²) in [5, 5.41) is 12.1. The number of hydrogen-bond acceptors (Lipinski definition) is 3. The molecule has 0 fully saturated rings. The second-order valence-corrected chi connectivity index (χ2v) is 6.08. The Labute approximate surface area is 155 Å². The van der Waals surface area contributed by atoms with E-state index < -0.39 is 5.97 Å². The summed E-state index contributed by atoms with van der Waals surface area (Å²) in [5.41, 5.74) is 2.80. The van der Waals surface area contributed by atoms with Crippen LogP contribution in [0.2, 0.25) is 5.02 Å². The molecular weight excluding hydrogens is 354 g/mol. The Kier molecular flexibility index (Phi) is 5.09. The summed E-state index contributed by atoms with van der Waals surface area (Å²) in [5.74, 6) is -1.20. The Balaban J connectivity index is 1.78. The van der Waals surface area contributed by atoms with E-state index in [0.29, 0.717) is 27.6 Å². The van der Waals surface area contributed by atoms with Crippen molar-refractivity contribution in [1.82, 2.24) is 0 Å². The summed E-state index contributed by atoms with van der Waals surface area (Å²) in [6, 6.07) is 15.2. The maximum Gasteiger partial charge on any atom is 0.371 e. The van der Waals surface area contributed by atoms with Crippen molar-refractivity contribution in [1.29, 1.82) is 0 Å². The Morgan fingerprint density at radius 3 is 2.38 bits per heavy atom. The minimum absolute atomic E-state index is 0.163. The number of halogens is 1. The zero-order valence-electron chi connectivity index (χ0n) is 14.0. The van der Waals surface area contributed by atoms with Crippen molar-refractivity contribution in [2.75, 3.05) is 5.32 Å². The molecule has 1 amide bonds. The minimum atomic E-state index is -1.15. The lowest BCUT2D eigenvalue weighted by molar-refractivity contribution is 0.0663. The van der Waals surface area contributed by atoms with Crippen LogP contribution < -0.4 is 5.32 Å². The highest BCUT2D eigenvalue weighted by atomic mass is 35.5. The van der Waals surface area contributed by atoms with E-state index in [1.54, 1.807) is 30.3 Å². The van der Waals surface area contributed by atoms with Gasteiger partial charge in [0.25, 0.3) is 5.91 Å². The first-order chi connectivity index (χ1) is 12.5. The predicted molar refractivity (Wildman–Crippen MR) is 99.9 cm³/mol. The van der Waals surface area contributed by atoms with E-state index in [4.69, 9.17) is 21.1 Å². The Hall–Kier alpha value is -3.05. The van der Waals surface area contributed by atoms with Crippen molar-refractivity contribution in [3.8, 4) is 11.3 Å². The van der Waals surface area contributed by atoms with Crippen molar-refractivity contribution in [3.05, 3.63) is 76.5 Å². The normalized spacial score (nSPS) is 10.5. The number of aryl methyl sites for hydroxylation is 1. The number of aromatic carboxylic acids is 1. The molecule has 2 N–H and O–H groups in total. The third-order valence-electron chi connectivity index (χ3n) is 3.93. The van der Waals surface area contributed by atoms with Crippen LogP contribution in [0.4, 0.5) is 5.69 Å². The van der Waals surface area contributed by atoms with E-state index in [0.717, 1.165) is 12.0 Å². The van der Waals surface area contributed by atoms with Crippen LogP contribution in [0.5, 0.6) is 0 Å². The van der Waals surface area contributed by atoms with E-state index in [2.05, 4.69) is 12.2 Å². The Morgan fingerprint density at radius 1 is 1.08 bits per heavy atom. The number of nitrogens with one attached hydrogen (secondary N) is 1. The topological polar surface area (TPSA) is 79.5 Å². The Morgan fingerprint density at radius 2 is 1.81 bits per heavy atom. The van der Waals surface area contributed by atoms with Crippen LogP contribution in [0.3, 0.4) is 0 Å². The van der Waals surface area contributed by atoms with E-state index >= 15 is 0 Å². The Bertz CT molecular complexity index is 960. The molecule has 0 saturated carbocycles. The van der Waals surface area contributed by atoms with Gasteiger partial charge in [0, 0.05) is 16.8 Å². The molecule has 0 aliphatic rings. The van der Waals surface area contributed by atoms with Crippen molar-refractivity contribution >= 4 is 29.2 Å². The van der Waals surface area contributed by atoms with Crippen LogP contribution in [-0.4, -0.2) is 17.0 Å². The summed E-state index contributed by atoms with van der Waals surface area (Å²) in [6.45, 7) is 2.05. The fourth-order valence-electron chi connectivity index (χ4n) is 2.49. The van der Waals surface area contributed by atoms with Crippen LogP contribution in [0.25, 0.3) is 11.3 Å². The van der Waals surface area contributed by atoms with Gasteiger partial charge in [-0.2, -0.15) is 0 Å². The number of carbonyl (C=O) groups excluding carboxylic acids is 1. The average Bonchev–Trinajstić information content (AvgIpc) is 3.12. The molecule has 2 aromatic carbocycles. The molecule has 3 aromatic rings. The number of anilines is 1. The van der Waals surface area contributed by atoms with Crippen molar-refractivity contribution in [2.24, 2.45) is 0 Å². The number of carbonyl (C=O) groups is 2. The lowest BCUT2D eigenvalue weighted by Gasteiger charge is -2.08. The monoisotopic (exact) mass is 369 g/mol. The molecule has 0 aliphatic heterocycles. The SMILES string of the molecule is CCc1ccc(C(=O)Nc2ccc(-c3ccc(C(=O)O)o3)c(Cl)c2)cc1. The van der Waals surface area contributed by atoms with E-state index in [1.165, 1.54) is 12.1 Å². The maximum atomic E-state index is 12.3. The third-order valence-corrected chi connectivity index (χ3v) is 4.25. The van der Waals surface area contributed by atoms with Crippen LogP contribution in [0, 0.1) is 0 Å². The van der Waals surface area contributed by atoms with Gasteiger partial charge in [-0.25, -0.2) is 4.79 Å². The van der Waals surface area contributed by atoms with E-state index in [9.17, 15) is 9.59 Å². The molecule has 0 bridgehead atoms. The first kappa shape index (κ1) is 17.8. The standard InChI is InChI=1S/C20H16ClNO4/c1-2-12-3-5-13(6-4-12)19(23)22-14-7-8-15(16(21)11-14)17-9-10-18(26-17)20(24)25/h3-11H,2H2,1H3,(H,22,23)(H,24,25). The van der Waals surface area contributed by atoms with Gasteiger partial charge >= 0.3 is 5.97 Å². The molecule has 3 rings (SSSR count). The van der Waals surface area contributed by atoms with Crippen LogP contribution in [0.1, 0.15) is 33.4 Å². The highest BCUT2D eigenvalue weighted by Gasteiger charge is 2.14. The maximum absolute atomic E-state index is 12.3. The number of carboxylic acid groups (broad SMARTS) is 1. The molecule has 0 unspecified atom stereocenters. The molecule has 0 atom stereocenters. The molecule has 132 valence electrons. The second-order valence-electron chi connectivity index (χ2n) is 5.67. The van der Waals surface area contributed by atoms with Gasteiger partial charge in [-0.1, -0.05) is 30.7 Å². The highest BCUT2D eigenvalue weighted by Crippen LogP contribution is 2.31. The second kappa shape index (κ2) is 7.45. The molecule has 0 radical (unpaired) electrons. The van der Waals surface area contributed by atoms with Gasteiger partial charge in [0.1, 0.15) is 5.76 Å². The molecule has 0 spiro atoms. The zero-order chi connectivity index (χ0) is 18.7. The number of rotatable bonds is 5. The van der Waals surface area contributed by atoms with E-state index in [-0.39, 0.29) is 11.7 Å². The molecule has 6 heteroatoms. The van der Waals surface area contributed by atoms with Gasteiger partial charge in [-0.15, -0.1) is 0 Å². The number of furan rings is 1. The van der Waals surface area contributed by atoms with Gasteiger partial charge in [0.05, 0.1) is 5.02 Å². The predicted octanol–water partition coefficient (Wildman–Crippen LogP) is 5.11. The summed E-state index contributed by atoms with van der Waals surface area (Å²) in [4.78, 5) is 23.2. The fraction of sp³-hybridized carbons (Fsp3) is 0.100. The van der Waals surface area contributed by atoms with Gasteiger partial charge in [0.15, 0.2) is 0 Å². The number of hydrogen-bond donors (Lipinski definition) is 2. The smallest absolute Gasteiger partial charge is 0.371 e. The lowest BCUT2D eigenvalue weighted by atomic mass is 10.1. The summed E-state index contributed by atoms with van der Waals surface area (Å²) in [6.07, 6.45) is 0.912. The summed E-state index contributed by atoms with van der Waals surface area (Å²) >= 11 is 6.26. The van der Waals surface area contributed by atoms with Crippen LogP contribution in [0.15, 0.2) is 59.0 Å². The van der Waals surface area contributed by atoms with Gasteiger partial charge < -0.3 is 14.8 Å². The molecule has 5 nitrogen and oxygen atoms in total. The molecule has 1 heterocycles. The molecule has 0 saturated heterocycles. The molecule has 1 aromatic heterocycles. The minimum Gasteiger partial charge on any atom is -0.475 e. The quantitative estimate of drug-likeness (QED) is 0.654. The van der Waals surface area contributed by atoms with Crippen LogP contribution >= 0.6 is 11.6 Å². The summed E-state index contributed by atoms with van der Waals surface area (Å²) in [7, 11) is 0. The highest BCUT2D eigenvalue weighted by molar-refractivity contribution is 6.33. The molecular formula is C20H16ClNO4. The van der Waals surface area contributed by atoms with Gasteiger partial charge in [0.2, 0.25) is 5.76 Å². The fourth-order valence-corrected chi connectivity index (χ4v) is 2.76. The van der Waals surface area contributed by atoms with Gasteiger partial charge in [-0.3, -0.25) is 4.79 Å². The summed E-state index contributed by atoms with van der Waals surface area (Å²) < 4.78 is 5.25. The van der Waals surface area contributed by atoms with Crippen molar-refractivity contribution < 1.29 is 19.1 Å². The largest absolute Gasteiger partial charge is 0.475 e. The number of carboxylic acids is 1. The molecule has 26 heavy (non-hydrogen) atoms. The van der Waals surface area contributed by atoms with Crippen molar-refractivity contribution in [3.63, 3.8) is 0 Å². The number of benzene rings is 2.